The molecule has 0 aliphatic heterocycles. The molecule has 0 bridgehead atoms. The molecule has 24 heavy (non-hydrogen) atoms. The summed E-state index contributed by atoms with van der Waals surface area (Å²) in [7, 11) is 0. The molecule has 2 aromatic rings. The van der Waals surface area contributed by atoms with Crippen LogP contribution in [0.2, 0.25) is 0 Å². The summed E-state index contributed by atoms with van der Waals surface area (Å²) >= 11 is 0. The highest BCUT2D eigenvalue weighted by Crippen LogP contribution is 2.41. The van der Waals surface area contributed by atoms with Gasteiger partial charge in [0, 0.05) is 0 Å². The second-order valence-corrected chi connectivity index (χ2v) is 5.96. The van der Waals surface area contributed by atoms with E-state index in [4.69, 9.17) is 0 Å². The van der Waals surface area contributed by atoms with Crippen LogP contribution in [0, 0.1) is 17.2 Å². The van der Waals surface area contributed by atoms with Gasteiger partial charge in [-0.15, -0.1) is 0 Å². The SMILES string of the molecule is N#C/C(=C\c1ccc(O)cc1)C(=O)NC(c1ccccc1)C1CC1. The van der Waals surface area contributed by atoms with E-state index in [1.54, 1.807) is 12.1 Å². The smallest absolute Gasteiger partial charge is 0.262 e. The highest BCUT2D eigenvalue weighted by molar-refractivity contribution is 6.01. The number of nitriles is 1. The van der Waals surface area contributed by atoms with Crippen molar-refractivity contribution in [2.45, 2.75) is 18.9 Å². The Kier molecular flexibility index (Phi) is 4.62. The molecule has 1 fully saturated rings. The van der Waals surface area contributed by atoms with Gasteiger partial charge in [-0.25, -0.2) is 0 Å². The monoisotopic (exact) mass is 318 g/mol. The summed E-state index contributed by atoms with van der Waals surface area (Å²) in [6.45, 7) is 0. The van der Waals surface area contributed by atoms with Gasteiger partial charge in [0.2, 0.25) is 0 Å². The third-order valence-electron chi connectivity index (χ3n) is 4.11. The molecule has 0 spiro atoms. The van der Waals surface area contributed by atoms with E-state index in [-0.39, 0.29) is 23.3 Å². The van der Waals surface area contributed by atoms with Crippen molar-refractivity contribution in [2.75, 3.05) is 0 Å². The number of benzene rings is 2. The van der Waals surface area contributed by atoms with Gasteiger partial charge in [-0.05, 0) is 48.1 Å². The summed E-state index contributed by atoms with van der Waals surface area (Å²) in [5.41, 5.74) is 1.82. The lowest BCUT2D eigenvalue weighted by Crippen LogP contribution is -2.30. The Morgan fingerprint density at radius 2 is 1.83 bits per heavy atom. The maximum atomic E-state index is 12.5. The number of phenols is 1. The van der Waals surface area contributed by atoms with Crippen molar-refractivity contribution in [1.29, 1.82) is 5.26 Å². The molecule has 4 heteroatoms. The molecule has 2 N–H and O–H groups in total. The van der Waals surface area contributed by atoms with Crippen molar-refractivity contribution < 1.29 is 9.90 Å². The first-order chi connectivity index (χ1) is 11.7. The molecule has 1 amide bonds. The van der Waals surface area contributed by atoms with E-state index >= 15 is 0 Å². The Bertz CT molecular complexity index is 785. The maximum absolute atomic E-state index is 12.5. The predicted molar refractivity (Wildman–Crippen MR) is 91.7 cm³/mol. The molecule has 1 atom stereocenters. The molecule has 0 saturated heterocycles. The van der Waals surface area contributed by atoms with Crippen LogP contribution in [0.4, 0.5) is 0 Å². The molecule has 120 valence electrons. The van der Waals surface area contributed by atoms with Crippen molar-refractivity contribution >= 4 is 12.0 Å². The molecule has 1 aliphatic rings. The first-order valence-electron chi connectivity index (χ1n) is 7.94. The highest BCUT2D eigenvalue weighted by atomic mass is 16.3. The second kappa shape index (κ2) is 7.01. The standard InChI is InChI=1S/C20H18N2O2/c21-13-17(12-14-6-10-18(23)11-7-14)20(24)22-19(16-8-9-16)15-4-2-1-3-5-15/h1-7,10-12,16,19,23H,8-9H2,(H,22,24)/b17-12+. The number of nitrogens with zero attached hydrogens (tertiary/aromatic N) is 1. The van der Waals surface area contributed by atoms with Crippen molar-refractivity contribution in [1.82, 2.24) is 5.32 Å². The maximum Gasteiger partial charge on any atom is 0.262 e. The van der Waals surface area contributed by atoms with Crippen LogP contribution in [0.5, 0.6) is 5.75 Å². The summed E-state index contributed by atoms with van der Waals surface area (Å²) < 4.78 is 0. The molecule has 1 unspecified atom stereocenters. The topological polar surface area (TPSA) is 73.1 Å². The fourth-order valence-corrected chi connectivity index (χ4v) is 2.67. The molecule has 0 heterocycles. The van der Waals surface area contributed by atoms with E-state index in [0.717, 1.165) is 18.4 Å². The fourth-order valence-electron chi connectivity index (χ4n) is 2.67. The number of carbonyl (C=O) groups excluding carboxylic acids is 1. The second-order valence-electron chi connectivity index (χ2n) is 5.96. The number of hydrogen-bond acceptors (Lipinski definition) is 3. The molecular formula is C20H18N2O2. The summed E-state index contributed by atoms with van der Waals surface area (Å²) in [5.74, 6) is 0.212. The zero-order chi connectivity index (χ0) is 16.9. The lowest BCUT2D eigenvalue weighted by Gasteiger charge is -2.18. The molecule has 2 aromatic carbocycles. The van der Waals surface area contributed by atoms with Gasteiger partial charge in [0.1, 0.15) is 17.4 Å². The fraction of sp³-hybridized carbons (Fsp3) is 0.200. The van der Waals surface area contributed by atoms with Gasteiger partial charge in [-0.3, -0.25) is 4.79 Å². The summed E-state index contributed by atoms with van der Waals surface area (Å²) in [6, 6.07) is 18.1. The average molecular weight is 318 g/mol. The Morgan fingerprint density at radius 3 is 2.42 bits per heavy atom. The van der Waals surface area contributed by atoms with Crippen molar-refractivity contribution in [3.05, 3.63) is 71.3 Å². The minimum absolute atomic E-state index is 0.0577. The Hall–Kier alpha value is -3.06. The molecule has 4 nitrogen and oxygen atoms in total. The van der Waals surface area contributed by atoms with E-state index in [1.807, 2.05) is 36.4 Å². The molecule has 3 rings (SSSR count). The molecular weight excluding hydrogens is 300 g/mol. The Balaban J connectivity index is 1.78. The average Bonchev–Trinajstić information content (AvgIpc) is 3.44. The van der Waals surface area contributed by atoms with Crippen molar-refractivity contribution in [3.8, 4) is 11.8 Å². The van der Waals surface area contributed by atoms with Crippen LogP contribution >= 0.6 is 0 Å². The lowest BCUT2D eigenvalue weighted by atomic mass is 10.0. The number of carbonyl (C=O) groups is 1. The zero-order valence-electron chi connectivity index (χ0n) is 13.1. The van der Waals surface area contributed by atoms with Crippen LogP contribution in [0.1, 0.15) is 30.0 Å². The van der Waals surface area contributed by atoms with Crippen molar-refractivity contribution in [3.63, 3.8) is 0 Å². The van der Waals surface area contributed by atoms with Crippen LogP contribution in [-0.2, 0) is 4.79 Å². The van der Waals surface area contributed by atoms with E-state index in [0.29, 0.717) is 11.5 Å². The molecule has 0 aromatic heterocycles. The van der Waals surface area contributed by atoms with Gasteiger partial charge >= 0.3 is 0 Å². The van der Waals surface area contributed by atoms with E-state index in [2.05, 4.69) is 5.32 Å². The minimum atomic E-state index is -0.369. The van der Waals surface area contributed by atoms with Crippen molar-refractivity contribution in [2.24, 2.45) is 5.92 Å². The predicted octanol–water partition coefficient (Wildman–Crippen LogP) is 3.57. The summed E-state index contributed by atoms with van der Waals surface area (Å²) in [5, 5.41) is 21.6. The number of hydrogen-bond donors (Lipinski definition) is 2. The first-order valence-corrected chi connectivity index (χ1v) is 7.94. The van der Waals surface area contributed by atoms with E-state index in [1.165, 1.54) is 18.2 Å². The number of nitrogens with one attached hydrogen (secondary N) is 1. The minimum Gasteiger partial charge on any atom is -0.508 e. The number of rotatable bonds is 5. The Labute approximate surface area is 141 Å². The zero-order valence-corrected chi connectivity index (χ0v) is 13.1. The van der Waals surface area contributed by atoms with Gasteiger partial charge in [-0.2, -0.15) is 5.26 Å². The van der Waals surface area contributed by atoms with Gasteiger partial charge in [0.15, 0.2) is 0 Å². The molecule has 1 aliphatic carbocycles. The van der Waals surface area contributed by atoms with Gasteiger partial charge in [0.05, 0.1) is 6.04 Å². The first kappa shape index (κ1) is 15.8. The van der Waals surface area contributed by atoms with Crippen LogP contribution in [0.25, 0.3) is 6.08 Å². The number of phenolic OH excluding ortho intramolecular Hbond substituents is 1. The van der Waals surface area contributed by atoms with Gasteiger partial charge in [-0.1, -0.05) is 42.5 Å². The van der Waals surface area contributed by atoms with Crippen LogP contribution in [0.15, 0.2) is 60.2 Å². The van der Waals surface area contributed by atoms with Crippen LogP contribution in [0.3, 0.4) is 0 Å². The molecule has 0 radical (unpaired) electrons. The normalized spacial score (nSPS) is 15.4. The highest BCUT2D eigenvalue weighted by Gasteiger charge is 2.33. The van der Waals surface area contributed by atoms with E-state index < -0.39 is 0 Å². The third-order valence-corrected chi connectivity index (χ3v) is 4.11. The Morgan fingerprint density at radius 1 is 1.17 bits per heavy atom. The quantitative estimate of drug-likeness (QED) is 0.654. The van der Waals surface area contributed by atoms with Gasteiger partial charge in [0.25, 0.3) is 5.91 Å². The third kappa shape index (κ3) is 3.82. The summed E-state index contributed by atoms with van der Waals surface area (Å²) in [4.78, 5) is 12.5. The largest absolute Gasteiger partial charge is 0.508 e. The van der Waals surface area contributed by atoms with E-state index in [9.17, 15) is 15.2 Å². The van der Waals surface area contributed by atoms with Crippen LogP contribution < -0.4 is 5.32 Å². The summed E-state index contributed by atoms with van der Waals surface area (Å²) in [6.07, 6.45) is 3.70. The lowest BCUT2D eigenvalue weighted by molar-refractivity contribution is -0.117. The molecule has 1 saturated carbocycles. The van der Waals surface area contributed by atoms with Crippen LogP contribution in [-0.4, -0.2) is 11.0 Å². The number of amides is 1. The number of aromatic hydroxyl groups is 1. The van der Waals surface area contributed by atoms with Gasteiger partial charge < -0.3 is 10.4 Å².